The van der Waals surface area contributed by atoms with E-state index in [2.05, 4.69) is 0 Å². The number of aryl methyl sites for hydroxylation is 2. The van der Waals surface area contributed by atoms with Crippen LogP contribution in [-0.4, -0.2) is 32.3 Å². The van der Waals surface area contributed by atoms with Gasteiger partial charge in [-0.1, -0.05) is 29.3 Å². The van der Waals surface area contributed by atoms with E-state index >= 15 is 0 Å². The van der Waals surface area contributed by atoms with Crippen LogP contribution in [0, 0.1) is 13.8 Å². The summed E-state index contributed by atoms with van der Waals surface area (Å²) in [5.41, 5.74) is 0.586. The number of benzene rings is 3. The molecule has 0 saturated carbocycles. The molecule has 0 aliphatic carbocycles. The van der Waals surface area contributed by atoms with Gasteiger partial charge in [0.1, 0.15) is 31.1 Å². The van der Waals surface area contributed by atoms with Crippen molar-refractivity contribution >= 4 is 28.5 Å². The maximum atomic E-state index is 14.3. The molecule has 3 aromatic carbocycles. The normalized spacial score (nSPS) is 14.3. The van der Waals surface area contributed by atoms with Crippen molar-refractivity contribution in [2.24, 2.45) is 0 Å². The molecule has 7 nitrogen and oxygen atoms in total. The van der Waals surface area contributed by atoms with Gasteiger partial charge in [0.25, 0.3) is 5.76 Å². The summed E-state index contributed by atoms with van der Waals surface area (Å²) in [6.45, 7) is 5.69. The van der Waals surface area contributed by atoms with E-state index in [9.17, 15) is 22.8 Å². The van der Waals surface area contributed by atoms with Crippen molar-refractivity contribution < 1.29 is 41.5 Å². The molecule has 2 heterocycles. The lowest BCUT2D eigenvalue weighted by Crippen LogP contribution is -3.12. The molecule has 0 radical (unpaired) electrons. The molecule has 1 aliphatic rings. The number of morpholine rings is 1. The summed E-state index contributed by atoms with van der Waals surface area (Å²) in [6.07, 6.45) is -5.07. The number of ether oxygens (including phenoxy) is 3. The third-order valence-corrected chi connectivity index (χ3v) is 7.23. The molecule has 41 heavy (non-hydrogen) atoms. The number of carbonyl (C=O) groups is 1. The standard InChI is InChI=1S/C30H25ClF3NO6/c1-17-3-5-19(6-4-17)29(37)40-24-10-8-21-25(36)27(39-20-7-9-23(31)18(2)15-20)28(30(32,33)34)41-26(21)22(24)16-35-11-13-38-14-12-35/h3-10,15H,11-14,16H2,1-2H3/p+1. The Morgan fingerprint density at radius 3 is 2.39 bits per heavy atom. The van der Waals surface area contributed by atoms with Crippen molar-refractivity contribution in [3.63, 3.8) is 0 Å². The van der Waals surface area contributed by atoms with Crippen molar-refractivity contribution in [2.45, 2.75) is 26.6 Å². The third-order valence-electron chi connectivity index (χ3n) is 6.80. The van der Waals surface area contributed by atoms with E-state index in [1.54, 1.807) is 31.2 Å². The lowest BCUT2D eigenvalue weighted by atomic mass is 10.1. The fourth-order valence-corrected chi connectivity index (χ4v) is 4.67. The smallest absolute Gasteiger partial charge is 0.449 e. The molecule has 1 aromatic heterocycles. The molecule has 214 valence electrons. The second kappa shape index (κ2) is 11.6. The van der Waals surface area contributed by atoms with E-state index < -0.39 is 29.1 Å². The van der Waals surface area contributed by atoms with Gasteiger partial charge in [-0.2, -0.15) is 13.2 Å². The van der Waals surface area contributed by atoms with Gasteiger partial charge in [0.05, 0.1) is 29.7 Å². The molecule has 0 bridgehead atoms. The highest BCUT2D eigenvalue weighted by Crippen LogP contribution is 2.40. The number of nitrogens with one attached hydrogen (secondary N) is 1. The van der Waals surface area contributed by atoms with Crippen LogP contribution >= 0.6 is 11.6 Å². The summed E-state index contributed by atoms with van der Waals surface area (Å²) >= 11 is 6.03. The number of hydrogen-bond acceptors (Lipinski definition) is 6. The highest BCUT2D eigenvalue weighted by Gasteiger charge is 2.41. The number of fused-ring (bicyclic) bond motifs is 1. The highest BCUT2D eigenvalue weighted by atomic mass is 35.5. The van der Waals surface area contributed by atoms with Crippen molar-refractivity contribution in [1.29, 1.82) is 0 Å². The topological polar surface area (TPSA) is 79.4 Å². The monoisotopic (exact) mass is 588 g/mol. The minimum Gasteiger partial charge on any atom is -0.449 e. The van der Waals surface area contributed by atoms with Gasteiger partial charge in [-0.15, -0.1) is 0 Å². The zero-order valence-electron chi connectivity index (χ0n) is 22.2. The molecule has 11 heteroatoms. The number of halogens is 4. The first kappa shape index (κ1) is 28.7. The van der Waals surface area contributed by atoms with Gasteiger partial charge in [-0.25, -0.2) is 4.79 Å². The van der Waals surface area contributed by atoms with Crippen molar-refractivity contribution in [3.8, 4) is 17.2 Å². The Bertz CT molecular complexity index is 1660. The average molecular weight is 589 g/mol. The molecule has 1 saturated heterocycles. The Labute approximate surface area is 238 Å². The van der Waals surface area contributed by atoms with E-state index in [1.165, 1.54) is 30.3 Å². The van der Waals surface area contributed by atoms with Crippen LogP contribution in [0.2, 0.25) is 5.02 Å². The van der Waals surface area contributed by atoms with Gasteiger partial charge < -0.3 is 23.5 Å². The van der Waals surface area contributed by atoms with Gasteiger partial charge in [0.2, 0.25) is 11.2 Å². The molecule has 1 N–H and O–H groups in total. The fraction of sp³-hybridized carbons (Fsp3) is 0.267. The van der Waals surface area contributed by atoms with E-state index in [-0.39, 0.29) is 40.1 Å². The lowest BCUT2D eigenvalue weighted by Gasteiger charge is -2.25. The van der Waals surface area contributed by atoms with Crippen LogP contribution < -0.4 is 19.8 Å². The van der Waals surface area contributed by atoms with Crippen LogP contribution in [0.25, 0.3) is 11.0 Å². The van der Waals surface area contributed by atoms with Crippen molar-refractivity contribution in [3.05, 3.63) is 97.9 Å². The zero-order chi connectivity index (χ0) is 29.3. The van der Waals surface area contributed by atoms with Gasteiger partial charge in [-0.05, 0) is 61.9 Å². The number of quaternary nitrogens is 1. The van der Waals surface area contributed by atoms with Crippen LogP contribution in [0.1, 0.15) is 32.8 Å². The SMILES string of the molecule is Cc1ccc(C(=O)Oc2ccc3c(=O)c(Oc4ccc(Cl)c(C)c4)c(C(F)(F)F)oc3c2C[NH+]2CCOCC2)cc1. The molecule has 1 aliphatic heterocycles. The predicted octanol–water partition coefficient (Wildman–Crippen LogP) is 5.51. The molecule has 1 fully saturated rings. The Kier molecular flexibility index (Phi) is 8.08. The van der Waals surface area contributed by atoms with Gasteiger partial charge in [0.15, 0.2) is 5.58 Å². The second-order valence-electron chi connectivity index (χ2n) is 9.81. The fourth-order valence-electron chi connectivity index (χ4n) is 4.56. The summed E-state index contributed by atoms with van der Waals surface area (Å²) in [4.78, 5) is 27.5. The Balaban J connectivity index is 1.65. The van der Waals surface area contributed by atoms with Gasteiger partial charge in [0, 0.05) is 5.02 Å². The first-order valence-corrected chi connectivity index (χ1v) is 13.2. The van der Waals surface area contributed by atoms with Crippen LogP contribution in [0.15, 0.2) is 63.8 Å². The second-order valence-corrected chi connectivity index (χ2v) is 10.2. The summed E-state index contributed by atoms with van der Waals surface area (Å²) in [7, 11) is 0. The van der Waals surface area contributed by atoms with Crippen molar-refractivity contribution in [2.75, 3.05) is 26.3 Å². The van der Waals surface area contributed by atoms with E-state index in [0.717, 1.165) is 10.5 Å². The molecular formula is C30H26ClF3NO6+. The molecule has 0 unspecified atom stereocenters. The Morgan fingerprint density at radius 2 is 1.73 bits per heavy atom. The molecule has 0 atom stereocenters. The summed E-state index contributed by atoms with van der Waals surface area (Å²) < 4.78 is 65.0. The molecule has 5 rings (SSSR count). The number of rotatable bonds is 6. The van der Waals surface area contributed by atoms with E-state index in [0.29, 0.717) is 36.9 Å². The summed E-state index contributed by atoms with van der Waals surface area (Å²) in [5.74, 6) is -3.30. The number of carbonyl (C=O) groups excluding carboxylic acids is 1. The molecular weight excluding hydrogens is 563 g/mol. The van der Waals surface area contributed by atoms with Crippen LogP contribution in [-0.2, 0) is 17.5 Å². The number of hydrogen-bond donors (Lipinski definition) is 1. The van der Waals surface area contributed by atoms with Crippen LogP contribution in [0.3, 0.4) is 0 Å². The Morgan fingerprint density at radius 1 is 1.02 bits per heavy atom. The number of esters is 1. The quantitative estimate of drug-likeness (QED) is 0.236. The maximum Gasteiger partial charge on any atom is 0.453 e. The predicted molar refractivity (Wildman–Crippen MR) is 145 cm³/mol. The highest BCUT2D eigenvalue weighted by molar-refractivity contribution is 6.31. The first-order valence-electron chi connectivity index (χ1n) is 12.9. The van der Waals surface area contributed by atoms with Gasteiger partial charge >= 0.3 is 12.1 Å². The Hall–Kier alpha value is -3.86. The van der Waals surface area contributed by atoms with Crippen LogP contribution in [0.5, 0.6) is 17.2 Å². The first-order chi connectivity index (χ1) is 19.5. The molecule has 4 aromatic rings. The van der Waals surface area contributed by atoms with Gasteiger partial charge in [-0.3, -0.25) is 4.79 Å². The minimum absolute atomic E-state index is 0.000311. The minimum atomic E-state index is -5.07. The molecule has 0 spiro atoms. The average Bonchev–Trinajstić information content (AvgIpc) is 2.93. The third kappa shape index (κ3) is 6.24. The largest absolute Gasteiger partial charge is 0.453 e. The van der Waals surface area contributed by atoms with E-state index in [4.69, 9.17) is 30.2 Å². The zero-order valence-corrected chi connectivity index (χ0v) is 22.9. The van der Waals surface area contributed by atoms with Crippen LogP contribution in [0.4, 0.5) is 13.2 Å². The summed E-state index contributed by atoms with van der Waals surface area (Å²) in [6, 6.07) is 13.6. The van der Waals surface area contributed by atoms with E-state index in [1.807, 2.05) is 6.92 Å². The molecule has 0 amide bonds. The number of alkyl halides is 3. The van der Waals surface area contributed by atoms with Crippen molar-refractivity contribution in [1.82, 2.24) is 0 Å². The maximum absolute atomic E-state index is 14.3. The summed E-state index contributed by atoms with van der Waals surface area (Å²) in [5, 5.41) is 0.249. The lowest BCUT2D eigenvalue weighted by molar-refractivity contribution is -0.921.